The molecule has 0 aliphatic carbocycles. The Kier molecular flexibility index (Phi) is 3.60. The number of rotatable bonds is 2. The SMILES string of the molecule is C=C=C1CCCCN1S(=O)(=O)c1ccc(C)cc1. The van der Waals surface area contributed by atoms with E-state index in [1.807, 2.05) is 19.1 Å². The van der Waals surface area contributed by atoms with E-state index in [2.05, 4.69) is 12.3 Å². The summed E-state index contributed by atoms with van der Waals surface area (Å²) in [4.78, 5) is 0.336. The van der Waals surface area contributed by atoms with Crippen LogP contribution in [0.4, 0.5) is 0 Å². The molecule has 18 heavy (non-hydrogen) atoms. The summed E-state index contributed by atoms with van der Waals surface area (Å²) >= 11 is 0. The van der Waals surface area contributed by atoms with Gasteiger partial charge in [-0.25, -0.2) is 8.42 Å². The zero-order valence-corrected chi connectivity index (χ0v) is 11.3. The molecule has 0 aromatic heterocycles. The first-order valence-corrected chi connectivity index (χ1v) is 7.48. The Balaban J connectivity index is 2.41. The van der Waals surface area contributed by atoms with Crippen LogP contribution in [0.2, 0.25) is 0 Å². The number of benzene rings is 1. The predicted octanol–water partition coefficient (Wildman–Crippen LogP) is 2.84. The van der Waals surface area contributed by atoms with Crippen LogP contribution in [0, 0.1) is 6.92 Å². The summed E-state index contributed by atoms with van der Waals surface area (Å²) in [6.07, 6.45) is 2.61. The van der Waals surface area contributed by atoms with E-state index < -0.39 is 10.0 Å². The van der Waals surface area contributed by atoms with E-state index in [1.54, 1.807) is 12.1 Å². The van der Waals surface area contributed by atoms with Crippen molar-refractivity contribution >= 4 is 10.0 Å². The molecule has 2 rings (SSSR count). The molecule has 0 spiro atoms. The van der Waals surface area contributed by atoms with Crippen LogP contribution in [-0.2, 0) is 10.0 Å². The maximum atomic E-state index is 12.5. The first-order valence-electron chi connectivity index (χ1n) is 6.04. The number of hydrogen-bond acceptors (Lipinski definition) is 2. The van der Waals surface area contributed by atoms with Gasteiger partial charge in [0, 0.05) is 6.54 Å². The Morgan fingerprint density at radius 3 is 2.50 bits per heavy atom. The zero-order valence-electron chi connectivity index (χ0n) is 10.5. The monoisotopic (exact) mass is 263 g/mol. The van der Waals surface area contributed by atoms with E-state index in [1.165, 1.54) is 4.31 Å². The van der Waals surface area contributed by atoms with Crippen LogP contribution in [0.5, 0.6) is 0 Å². The second-order valence-corrected chi connectivity index (χ2v) is 6.33. The maximum absolute atomic E-state index is 12.5. The molecule has 0 bridgehead atoms. The first-order chi connectivity index (χ1) is 8.55. The molecule has 0 amide bonds. The molecule has 3 nitrogen and oxygen atoms in total. The molecule has 1 aliphatic rings. The quantitative estimate of drug-likeness (QED) is 0.769. The summed E-state index contributed by atoms with van der Waals surface area (Å²) in [5, 5.41) is 0. The van der Waals surface area contributed by atoms with Crippen LogP contribution >= 0.6 is 0 Å². The summed E-state index contributed by atoms with van der Waals surface area (Å²) in [5.74, 6) is 0. The lowest BCUT2D eigenvalue weighted by Gasteiger charge is -2.29. The van der Waals surface area contributed by atoms with Crippen molar-refractivity contribution in [2.75, 3.05) is 6.54 Å². The molecule has 0 atom stereocenters. The summed E-state index contributed by atoms with van der Waals surface area (Å²) in [5.41, 5.74) is 4.49. The molecule has 0 N–H and O–H groups in total. The summed E-state index contributed by atoms with van der Waals surface area (Å²) in [6.45, 7) is 6.05. The minimum absolute atomic E-state index is 0.336. The van der Waals surface area contributed by atoms with Gasteiger partial charge >= 0.3 is 0 Å². The highest BCUT2D eigenvalue weighted by atomic mass is 32.2. The van der Waals surface area contributed by atoms with Crippen LogP contribution in [-0.4, -0.2) is 19.3 Å². The van der Waals surface area contributed by atoms with Crippen LogP contribution < -0.4 is 0 Å². The van der Waals surface area contributed by atoms with Crippen molar-refractivity contribution in [1.82, 2.24) is 4.31 Å². The number of allylic oxidation sites excluding steroid dienone is 1. The van der Waals surface area contributed by atoms with Crippen LogP contribution in [0.1, 0.15) is 24.8 Å². The van der Waals surface area contributed by atoms with Gasteiger partial charge in [-0.3, -0.25) is 4.31 Å². The standard InChI is InChI=1S/C14H17NO2S/c1-3-13-6-4-5-11-15(13)18(16,17)14-9-7-12(2)8-10-14/h7-10H,1,4-6,11H2,2H3. The highest BCUT2D eigenvalue weighted by Crippen LogP contribution is 2.27. The fourth-order valence-electron chi connectivity index (χ4n) is 2.09. The first kappa shape index (κ1) is 12.9. The minimum atomic E-state index is -3.45. The minimum Gasteiger partial charge on any atom is -0.263 e. The third-order valence-corrected chi connectivity index (χ3v) is 4.99. The van der Waals surface area contributed by atoms with Gasteiger partial charge in [-0.05, 0) is 38.3 Å². The van der Waals surface area contributed by atoms with Gasteiger partial charge in [-0.15, -0.1) is 5.73 Å². The molecule has 1 heterocycles. The lowest BCUT2D eigenvalue weighted by atomic mass is 10.1. The molecule has 0 saturated carbocycles. The maximum Gasteiger partial charge on any atom is 0.264 e. The van der Waals surface area contributed by atoms with E-state index in [0.717, 1.165) is 24.8 Å². The second-order valence-electron chi connectivity index (χ2n) is 4.47. The molecule has 96 valence electrons. The smallest absolute Gasteiger partial charge is 0.263 e. The van der Waals surface area contributed by atoms with Gasteiger partial charge in [0.1, 0.15) is 0 Å². The van der Waals surface area contributed by atoms with Crippen molar-refractivity contribution in [2.45, 2.75) is 31.1 Å². The fraction of sp³-hybridized carbons (Fsp3) is 0.357. The van der Waals surface area contributed by atoms with Crippen LogP contribution in [0.25, 0.3) is 0 Å². The van der Waals surface area contributed by atoms with E-state index in [4.69, 9.17) is 0 Å². The molecular weight excluding hydrogens is 246 g/mol. The van der Waals surface area contributed by atoms with Gasteiger partial charge in [0.15, 0.2) is 0 Å². The Morgan fingerprint density at radius 2 is 1.89 bits per heavy atom. The van der Waals surface area contributed by atoms with E-state index in [9.17, 15) is 8.42 Å². The largest absolute Gasteiger partial charge is 0.264 e. The number of piperidine rings is 1. The average Bonchev–Trinajstić information content (AvgIpc) is 2.39. The number of hydrogen-bond donors (Lipinski definition) is 0. The van der Waals surface area contributed by atoms with Gasteiger partial charge < -0.3 is 0 Å². The Morgan fingerprint density at radius 1 is 1.22 bits per heavy atom. The third-order valence-electron chi connectivity index (χ3n) is 3.14. The van der Waals surface area contributed by atoms with Gasteiger partial charge in [-0.1, -0.05) is 24.3 Å². The fourth-order valence-corrected chi connectivity index (χ4v) is 3.64. The lowest BCUT2D eigenvalue weighted by molar-refractivity contribution is 0.409. The normalized spacial score (nSPS) is 16.5. The molecule has 0 unspecified atom stereocenters. The second kappa shape index (κ2) is 5.01. The van der Waals surface area contributed by atoms with Crippen molar-refractivity contribution in [2.24, 2.45) is 0 Å². The Hall–Kier alpha value is -1.51. The molecular formula is C14H17NO2S. The topological polar surface area (TPSA) is 37.4 Å². The molecule has 4 heteroatoms. The zero-order chi connectivity index (χ0) is 13.2. The van der Waals surface area contributed by atoms with Gasteiger partial charge in [0.05, 0.1) is 10.6 Å². The average molecular weight is 263 g/mol. The van der Waals surface area contributed by atoms with Crippen molar-refractivity contribution < 1.29 is 8.42 Å². The van der Waals surface area contributed by atoms with E-state index >= 15 is 0 Å². The van der Waals surface area contributed by atoms with Crippen molar-refractivity contribution in [3.63, 3.8) is 0 Å². The Labute approximate surface area is 108 Å². The number of nitrogens with zero attached hydrogens (tertiary/aromatic N) is 1. The highest BCUT2D eigenvalue weighted by molar-refractivity contribution is 7.89. The Bertz CT molecular complexity index is 581. The molecule has 1 aromatic carbocycles. The van der Waals surface area contributed by atoms with Gasteiger partial charge in [0.2, 0.25) is 0 Å². The lowest BCUT2D eigenvalue weighted by Crippen LogP contribution is -2.33. The van der Waals surface area contributed by atoms with Crippen LogP contribution in [0.15, 0.2) is 47.2 Å². The summed E-state index contributed by atoms with van der Waals surface area (Å²) < 4.78 is 26.4. The molecule has 0 radical (unpaired) electrons. The molecule has 1 aliphatic heterocycles. The predicted molar refractivity (Wildman–Crippen MR) is 71.6 cm³/mol. The number of sulfonamides is 1. The third kappa shape index (κ3) is 2.35. The van der Waals surface area contributed by atoms with E-state index in [-0.39, 0.29) is 0 Å². The summed E-state index contributed by atoms with van der Waals surface area (Å²) in [6, 6.07) is 6.93. The van der Waals surface area contributed by atoms with Gasteiger partial charge in [0.25, 0.3) is 10.0 Å². The van der Waals surface area contributed by atoms with Crippen molar-refractivity contribution in [3.8, 4) is 0 Å². The molecule has 1 aromatic rings. The summed E-state index contributed by atoms with van der Waals surface area (Å²) in [7, 11) is -3.45. The van der Waals surface area contributed by atoms with E-state index in [0.29, 0.717) is 17.1 Å². The molecule has 1 saturated heterocycles. The van der Waals surface area contributed by atoms with Gasteiger partial charge in [-0.2, -0.15) is 0 Å². The van der Waals surface area contributed by atoms with Crippen molar-refractivity contribution in [3.05, 3.63) is 47.8 Å². The van der Waals surface area contributed by atoms with Crippen molar-refractivity contribution in [1.29, 1.82) is 0 Å². The molecule has 1 fully saturated rings. The highest BCUT2D eigenvalue weighted by Gasteiger charge is 2.28. The number of aryl methyl sites for hydroxylation is 1. The van der Waals surface area contributed by atoms with Crippen LogP contribution in [0.3, 0.4) is 0 Å².